The number of hydrogen-bond donors (Lipinski definition) is 1. The number of anilines is 1. The molecule has 0 unspecified atom stereocenters. The van der Waals surface area contributed by atoms with E-state index in [-0.39, 0.29) is 5.57 Å². The molecule has 0 saturated carbocycles. The first-order valence-electron chi connectivity index (χ1n) is 9.72. The van der Waals surface area contributed by atoms with E-state index in [1.54, 1.807) is 42.5 Å². The van der Waals surface area contributed by atoms with Gasteiger partial charge in [-0.15, -0.1) is 0 Å². The average Bonchev–Trinajstić information content (AvgIpc) is 2.79. The number of hydrogen-bond acceptors (Lipinski definition) is 4. The second-order valence-corrected chi connectivity index (χ2v) is 6.92. The topological polar surface area (TPSA) is 71.3 Å². The van der Waals surface area contributed by atoms with Gasteiger partial charge >= 0.3 is 0 Å². The molecule has 0 aliphatic carbocycles. The van der Waals surface area contributed by atoms with Gasteiger partial charge in [0.05, 0.1) is 17.3 Å². The maximum Gasteiger partial charge on any atom is 0.266 e. The summed E-state index contributed by atoms with van der Waals surface area (Å²) >= 11 is 6.08. The normalized spacial score (nSPS) is 10.8. The first-order chi connectivity index (χ1) is 15.1. The lowest BCUT2D eigenvalue weighted by atomic mass is 10.1. The van der Waals surface area contributed by atoms with E-state index in [1.165, 1.54) is 6.08 Å². The van der Waals surface area contributed by atoms with Crippen molar-refractivity contribution in [3.8, 4) is 17.6 Å². The second kappa shape index (κ2) is 10.9. The Labute approximate surface area is 186 Å². The summed E-state index contributed by atoms with van der Waals surface area (Å²) in [6, 6.07) is 23.9. The van der Waals surface area contributed by atoms with E-state index in [4.69, 9.17) is 21.1 Å². The molecule has 0 aliphatic rings. The first kappa shape index (κ1) is 21.9. The third-order valence-corrected chi connectivity index (χ3v) is 4.63. The fourth-order valence-corrected chi connectivity index (χ4v) is 2.99. The van der Waals surface area contributed by atoms with Gasteiger partial charge in [0.2, 0.25) is 0 Å². The lowest BCUT2D eigenvalue weighted by Crippen LogP contribution is -2.13. The number of nitrogens with zero attached hydrogens (tertiary/aromatic N) is 1. The Bertz CT molecular complexity index is 1120. The Balaban J connectivity index is 1.79. The summed E-state index contributed by atoms with van der Waals surface area (Å²) in [6.45, 7) is 2.73. The quantitative estimate of drug-likeness (QED) is 0.357. The van der Waals surface area contributed by atoms with Gasteiger partial charge < -0.3 is 14.8 Å². The minimum absolute atomic E-state index is 0.0553. The third kappa shape index (κ3) is 6.11. The SMILES string of the molecule is CCOc1cc(/C=C(\C#N)C(=O)Nc2ccccc2Cl)ccc1OCc1ccccc1. The maximum absolute atomic E-state index is 12.5. The highest BCUT2D eigenvalue weighted by atomic mass is 35.5. The van der Waals surface area contributed by atoms with Crippen molar-refractivity contribution >= 4 is 29.3 Å². The number of carbonyl (C=O) groups is 1. The van der Waals surface area contributed by atoms with E-state index in [9.17, 15) is 10.1 Å². The fraction of sp³-hybridized carbons (Fsp3) is 0.120. The molecule has 0 aliphatic heterocycles. The number of nitriles is 1. The standard InChI is InChI=1S/C25H21ClN2O3/c1-2-30-24-15-19(12-13-23(24)31-17-18-8-4-3-5-9-18)14-20(16-27)25(29)28-22-11-7-6-10-21(22)26/h3-15H,2,17H2,1H3,(H,28,29)/b20-14+. The van der Waals surface area contributed by atoms with Gasteiger partial charge in [-0.25, -0.2) is 0 Å². The number of para-hydroxylation sites is 1. The fourth-order valence-electron chi connectivity index (χ4n) is 2.80. The molecule has 0 heterocycles. The lowest BCUT2D eigenvalue weighted by molar-refractivity contribution is -0.112. The van der Waals surface area contributed by atoms with Crippen molar-refractivity contribution in [1.29, 1.82) is 5.26 Å². The summed E-state index contributed by atoms with van der Waals surface area (Å²) in [5.74, 6) is 0.579. The van der Waals surface area contributed by atoms with Gasteiger partial charge in [-0.1, -0.05) is 60.1 Å². The Hall–Kier alpha value is -3.75. The van der Waals surface area contributed by atoms with Crippen molar-refractivity contribution in [3.05, 3.63) is 94.5 Å². The highest BCUT2D eigenvalue weighted by Crippen LogP contribution is 2.30. The van der Waals surface area contributed by atoms with Gasteiger partial charge in [0.15, 0.2) is 11.5 Å². The Morgan fingerprint density at radius 3 is 2.48 bits per heavy atom. The molecule has 3 aromatic carbocycles. The van der Waals surface area contributed by atoms with Gasteiger partial charge in [-0.05, 0) is 48.4 Å². The smallest absolute Gasteiger partial charge is 0.266 e. The number of benzene rings is 3. The molecule has 6 heteroatoms. The van der Waals surface area contributed by atoms with Crippen molar-refractivity contribution in [1.82, 2.24) is 0 Å². The molecule has 0 saturated heterocycles. The molecule has 5 nitrogen and oxygen atoms in total. The zero-order chi connectivity index (χ0) is 22.1. The average molecular weight is 433 g/mol. The zero-order valence-corrected chi connectivity index (χ0v) is 17.7. The van der Waals surface area contributed by atoms with E-state index < -0.39 is 5.91 Å². The van der Waals surface area contributed by atoms with Crippen molar-refractivity contribution < 1.29 is 14.3 Å². The van der Waals surface area contributed by atoms with Crippen LogP contribution in [0, 0.1) is 11.3 Å². The molecule has 3 aromatic rings. The van der Waals surface area contributed by atoms with Gasteiger partial charge in [0, 0.05) is 0 Å². The van der Waals surface area contributed by atoms with E-state index in [0.717, 1.165) is 5.56 Å². The van der Waals surface area contributed by atoms with Crippen molar-refractivity contribution in [2.45, 2.75) is 13.5 Å². The van der Waals surface area contributed by atoms with Crippen LogP contribution in [0.1, 0.15) is 18.1 Å². The number of rotatable bonds is 8. The maximum atomic E-state index is 12.5. The van der Waals surface area contributed by atoms with Gasteiger partial charge in [0.1, 0.15) is 18.2 Å². The van der Waals surface area contributed by atoms with Gasteiger partial charge in [-0.2, -0.15) is 5.26 Å². The van der Waals surface area contributed by atoms with Crippen LogP contribution in [-0.4, -0.2) is 12.5 Å². The Kier molecular flexibility index (Phi) is 7.69. The predicted octanol–water partition coefficient (Wildman–Crippen LogP) is 5.86. The van der Waals surface area contributed by atoms with E-state index >= 15 is 0 Å². The van der Waals surface area contributed by atoms with Gasteiger partial charge in [0.25, 0.3) is 5.91 Å². The molecule has 0 radical (unpaired) electrons. The predicted molar refractivity (Wildman–Crippen MR) is 122 cm³/mol. The number of ether oxygens (including phenoxy) is 2. The number of carbonyl (C=O) groups excluding carboxylic acids is 1. The number of halogens is 1. The molecule has 0 atom stereocenters. The zero-order valence-electron chi connectivity index (χ0n) is 17.0. The molecule has 3 rings (SSSR count). The molecular formula is C25H21ClN2O3. The summed E-state index contributed by atoms with van der Waals surface area (Å²) in [5.41, 5.74) is 2.06. The van der Waals surface area contributed by atoms with Crippen molar-refractivity contribution in [2.24, 2.45) is 0 Å². The minimum atomic E-state index is -0.544. The van der Waals surface area contributed by atoms with Crippen LogP contribution in [0.3, 0.4) is 0 Å². The monoisotopic (exact) mass is 432 g/mol. The van der Waals surface area contributed by atoms with Crippen LogP contribution in [0.15, 0.2) is 78.4 Å². The largest absolute Gasteiger partial charge is 0.490 e. The molecule has 0 spiro atoms. The highest BCUT2D eigenvalue weighted by molar-refractivity contribution is 6.34. The van der Waals surface area contributed by atoms with E-state index in [0.29, 0.717) is 41.0 Å². The Morgan fingerprint density at radius 1 is 1.03 bits per heavy atom. The summed E-state index contributed by atoms with van der Waals surface area (Å²) in [5, 5.41) is 12.5. The van der Waals surface area contributed by atoms with Crippen LogP contribution in [-0.2, 0) is 11.4 Å². The molecule has 0 aromatic heterocycles. The number of nitrogens with one attached hydrogen (secondary N) is 1. The summed E-state index contributed by atoms with van der Waals surface area (Å²) in [7, 11) is 0. The summed E-state index contributed by atoms with van der Waals surface area (Å²) < 4.78 is 11.6. The second-order valence-electron chi connectivity index (χ2n) is 6.52. The minimum Gasteiger partial charge on any atom is -0.490 e. The molecule has 1 amide bonds. The van der Waals surface area contributed by atoms with E-state index in [1.807, 2.05) is 43.3 Å². The van der Waals surface area contributed by atoms with Crippen molar-refractivity contribution in [2.75, 3.05) is 11.9 Å². The summed E-state index contributed by atoms with van der Waals surface area (Å²) in [4.78, 5) is 12.5. The van der Waals surface area contributed by atoms with Gasteiger partial charge in [-0.3, -0.25) is 4.79 Å². The highest BCUT2D eigenvalue weighted by Gasteiger charge is 2.13. The summed E-state index contributed by atoms with van der Waals surface area (Å²) in [6.07, 6.45) is 1.50. The molecule has 1 N–H and O–H groups in total. The molecular weight excluding hydrogens is 412 g/mol. The van der Waals surface area contributed by atoms with Crippen LogP contribution >= 0.6 is 11.6 Å². The van der Waals surface area contributed by atoms with Crippen molar-refractivity contribution in [3.63, 3.8) is 0 Å². The molecule has 0 bridgehead atoms. The van der Waals surface area contributed by atoms with Crippen LogP contribution in [0.5, 0.6) is 11.5 Å². The van der Waals surface area contributed by atoms with Crippen LogP contribution in [0.25, 0.3) is 6.08 Å². The molecule has 0 fully saturated rings. The van der Waals surface area contributed by atoms with E-state index in [2.05, 4.69) is 5.32 Å². The Morgan fingerprint density at radius 2 is 1.77 bits per heavy atom. The van der Waals surface area contributed by atoms with Crippen LogP contribution < -0.4 is 14.8 Å². The van der Waals surface area contributed by atoms with Crippen LogP contribution in [0.4, 0.5) is 5.69 Å². The van der Waals surface area contributed by atoms with Crippen LogP contribution in [0.2, 0.25) is 5.02 Å². The first-order valence-corrected chi connectivity index (χ1v) is 10.1. The molecule has 31 heavy (non-hydrogen) atoms. The third-order valence-electron chi connectivity index (χ3n) is 4.30. The lowest BCUT2D eigenvalue weighted by Gasteiger charge is -2.13. The number of amides is 1. The molecule has 156 valence electrons.